The van der Waals surface area contributed by atoms with Crippen molar-refractivity contribution < 1.29 is 19.8 Å². The van der Waals surface area contributed by atoms with E-state index in [1.54, 1.807) is 0 Å². The van der Waals surface area contributed by atoms with Crippen molar-refractivity contribution >= 4 is 11.9 Å². The molecular formula is C17H32O4. The molecule has 0 aliphatic rings. The van der Waals surface area contributed by atoms with Crippen LogP contribution in [-0.2, 0) is 9.59 Å². The smallest absolute Gasteiger partial charge is 0.307 e. The molecule has 3 atom stereocenters. The van der Waals surface area contributed by atoms with Crippen molar-refractivity contribution in [1.82, 2.24) is 0 Å². The van der Waals surface area contributed by atoms with Gasteiger partial charge in [-0.05, 0) is 42.4 Å². The zero-order chi connectivity index (χ0) is 16.8. The van der Waals surface area contributed by atoms with Gasteiger partial charge in [0.1, 0.15) is 0 Å². The van der Waals surface area contributed by atoms with Crippen LogP contribution in [0.15, 0.2) is 0 Å². The second-order valence-corrected chi connectivity index (χ2v) is 7.76. The van der Waals surface area contributed by atoms with Crippen molar-refractivity contribution in [2.45, 2.75) is 67.2 Å². The minimum Gasteiger partial charge on any atom is -0.481 e. The molecule has 4 nitrogen and oxygen atoms in total. The van der Waals surface area contributed by atoms with Gasteiger partial charge in [-0.15, -0.1) is 0 Å². The number of hydrogen-bond donors (Lipinski definition) is 2. The molecule has 0 amide bonds. The van der Waals surface area contributed by atoms with Crippen molar-refractivity contribution in [3.05, 3.63) is 0 Å². The summed E-state index contributed by atoms with van der Waals surface area (Å²) < 4.78 is 0. The summed E-state index contributed by atoms with van der Waals surface area (Å²) in [6.07, 6.45) is 2.39. The summed E-state index contributed by atoms with van der Waals surface area (Å²) in [4.78, 5) is 22.3. The van der Waals surface area contributed by atoms with E-state index in [0.29, 0.717) is 12.3 Å². The number of aliphatic carboxylic acids is 2. The molecule has 0 aromatic heterocycles. The molecule has 0 aromatic rings. The fourth-order valence-corrected chi connectivity index (χ4v) is 3.52. The Labute approximate surface area is 128 Å². The van der Waals surface area contributed by atoms with Gasteiger partial charge in [-0.25, -0.2) is 0 Å². The van der Waals surface area contributed by atoms with Gasteiger partial charge in [0, 0.05) is 6.42 Å². The van der Waals surface area contributed by atoms with Crippen LogP contribution < -0.4 is 0 Å². The van der Waals surface area contributed by atoms with Gasteiger partial charge >= 0.3 is 11.9 Å². The maximum absolute atomic E-state index is 11.6. The Morgan fingerprint density at radius 1 is 0.952 bits per heavy atom. The van der Waals surface area contributed by atoms with E-state index in [-0.39, 0.29) is 29.6 Å². The average molecular weight is 300 g/mol. The highest BCUT2D eigenvalue weighted by atomic mass is 16.4. The number of carbonyl (C=O) groups is 2. The van der Waals surface area contributed by atoms with Gasteiger partial charge in [0.25, 0.3) is 0 Å². The van der Waals surface area contributed by atoms with Crippen LogP contribution in [0.3, 0.4) is 0 Å². The lowest BCUT2D eigenvalue weighted by Gasteiger charge is -2.35. The zero-order valence-corrected chi connectivity index (χ0v) is 14.3. The van der Waals surface area contributed by atoms with Crippen molar-refractivity contribution in [2.75, 3.05) is 0 Å². The Kier molecular flexibility index (Phi) is 7.98. The summed E-state index contributed by atoms with van der Waals surface area (Å²) in [5.41, 5.74) is -0.246. The number of rotatable bonds is 10. The first-order chi connectivity index (χ1) is 9.45. The minimum atomic E-state index is -0.787. The number of hydrogen-bond acceptors (Lipinski definition) is 2. The molecule has 0 aliphatic carbocycles. The van der Waals surface area contributed by atoms with Crippen LogP contribution in [0, 0.1) is 29.1 Å². The Morgan fingerprint density at radius 2 is 1.48 bits per heavy atom. The van der Waals surface area contributed by atoms with Gasteiger partial charge in [-0.2, -0.15) is 0 Å². The number of carboxylic acids is 2. The molecule has 0 aliphatic heterocycles. The maximum Gasteiger partial charge on any atom is 0.307 e. The van der Waals surface area contributed by atoms with Crippen LogP contribution in [0.2, 0.25) is 0 Å². The SMILES string of the molecule is CC(C)CC(C)(C)C(CC(C)CC(C)CC(=O)O)C(=O)O. The average Bonchev–Trinajstić information content (AvgIpc) is 2.21. The van der Waals surface area contributed by atoms with E-state index in [9.17, 15) is 14.7 Å². The molecule has 4 heteroatoms. The van der Waals surface area contributed by atoms with Crippen molar-refractivity contribution in [1.29, 1.82) is 0 Å². The minimum absolute atomic E-state index is 0.0835. The molecule has 2 N–H and O–H groups in total. The highest BCUT2D eigenvalue weighted by Gasteiger charge is 2.36. The van der Waals surface area contributed by atoms with E-state index < -0.39 is 11.9 Å². The molecule has 0 fully saturated rings. The van der Waals surface area contributed by atoms with E-state index in [4.69, 9.17) is 5.11 Å². The van der Waals surface area contributed by atoms with Gasteiger partial charge in [-0.1, -0.05) is 41.5 Å². The predicted octanol–water partition coefficient (Wildman–Crippen LogP) is 4.29. The third kappa shape index (κ3) is 8.08. The first kappa shape index (κ1) is 19.9. The monoisotopic (exact) mass is 300 g/mol. The van der Waals surface area contributed by atoms with Crippen LogP contribution in [-0.4, -0.2) is 22.2 Å². The first-order valence-corrected chi connectivity index (χ1v) is 7.90. The topological polar surface area (TPSA) is 74.6 Å². The lowest BCUT2D eigenvalue weighted by molar-refractivity contribution is -0.147. The summed E-state index contributed by atoms with van der Waals surface area (Å²) in [6.45, 7) is 12.2. The second kappa shape index (κ2) is 8.40. The summed E-state index contributed by atoms with van der Waals surface area (Å²) >= 11 is 0. The largest absolute Gasteiger partial charge is 0.481 e. The highest BCUT2D eigenvalue weighted by Crippen LogP contribution is 2.38. The van der Waals surface area contributed by atoms with Gasteiger partial charge in [0.2, 0.25) is 0 Å². The molecule has 0 heterocycles. The molecule has 0 aromatic carbocycles. The molecule has 0 saturated heterocycles. The predicted molar refractivity (Wildman–Crippen MR) is 84.2 cm³/mol. The molecule has 3 unspecified atom stereocenters. The fraction of sp³-hybridized carbons (Fsp3) is 0.882. The molecule has 0 radical (unpaired) electrons. The van der Waals surface area contributed by atoms with Gasteiger partial charge in [-0.3, -0.25) is 9.59 Å². The van der Waals surface area contributed by atoms with Crippen LogP contribution >= 0.6 is 0 Å². The van der Waals surface area contributed by atoms with E-state index in [0.717, 1.165) is 12.8 Å². The van der Waals surface area contributed by atoms with Crippen molar-refractivity contribution in [3.8, 4) is 0 Å². The van der Waals surface area contributed by atoms with Gasteiger partial charge < -0.3 is 10.2 Å². The standard InChI is InChI=1S/C17H32O4/c1-11(2)10-17(5,6)14(16(20)21)8-12(3)7-13(4)9-15(18)19/h11-14H,7-10H2,1-6H3,(H,18,19)(H,20,21). The lowest BCUT2D eigenvalue weighted by Crippen LogP contribution is -2.33. The fourth-order valence-electron chi connectivity index (χ4n) is 3.52. The van der Waals surface area contributed by atoms with Gasteiger partial charge in [0.15, 0.2) is 0 Å². The van der Waals surface area contributed by atoms with Crippen LogP contribution in [0.5, 0.6) is 0 Å². The molecular weight excluding hydrogens is 268 g/mol. The Balaban J connectivity index is 4.70. The van der Waals surface area contributed by atoms with Crippen LogP contribution in [0.25, 0.3) is 0 Å². The summed E-state index contributed by atoms with van der Waals surface area (Å²) in [5.74, 6) is -1.15. The Morgan fingerprint density at radius 3 is 1.86 bits per heavy atom. The first-order valence-electron chi connectivity index (χ1n) is 7.90. The maximum atomic E-state index is 11.6. The summed E-state index contributed by atoms with van der Waals surface area (Å²) in [7, 11) is 0. The molecule has 0 saturated carbocycles. The summed E-state index contributed by atoms with van der Waals surface area (Å²) in [6, 6.07) is 0. The third-order valence-electron chi connectivity index (χ3n) is 4.14. The lowest BCUT2D eigenvalue weighted by atomic mass is 9.69. The zero-order valence-electron chi connectivity index (χ0n) is 14.3. The Bertz CT molecular complexity index is 347. The molecule has 0 bridgehead atoms. The van der Waals surface area contributed by atoms with E-state index in [1.807, 2.05) is 27.7 Å². The Hall–Kier alpha value is -1.06. The number of carboxylic acid groups (broad SMARTS) is 2. The summed E-state index contributed by atoms with van der Waals surface area (Å²) in [5, 5.41) is 18.4. The van der Waals surface area contributed by atoms with Crippen molar-refractivity contribution in [3.63, 3.8) is 0 Å². The van der Waals surface area contributed by atoms with Crippen LogP contribution in [0.1, 0.15) is 67.2 Å². The van der Waals surface area contributed by atoms with E-state index in [1.165, 1.54) is 0 Å². The third-order valence-corrected chi connectivity index (χ3v) is 4.14. The normalized spacial score (nSPS) is 16.5. The second-order valence-electron chi connectivity index (χ2n) is 7.76. The van der Waals surface area contributed by atoms with Gasteiger partial charge in [0.05, 0.1) is 5.92 Å². The quantitative estimate of drug-likeness (QED) is 0.631. The highest BCUT2D eigenvalue weighted by molar-refractivity contribution is 5.71. The molecule has 0 rings (SSSR count). The van der Waals surface area contributed by atoms with Crippen molar-refractivity contribution in [2.24, 2.45) is 29.1 Å². The molecule has 21 heavy (non-hydrogen) atoms. The molecule has 0 spiro atoms. The van der Waals surface area contributed by atoms with E-state index in [2.05, 4.69) is 13.8 Å². The van der Waals surface area contributed by atoms with E-state index >= 15 is 0 Å². The van der Waals surface area contributed by atoms with Crippen LogP contribution in [0.4, 0.5) is 0 Å². The molecule has 124 valence electrons.